The van der Waals surface area contributed by atoms with E-state index >= 15 is 0 Å². The predicted octanol–water partition coefficient (Wildman–Crippen LogP) is 3.03. The molecule has 0 bridgehead atoms. The molecule has 0 spiro atoms. The predicted molar refractivity (Wildman–Crippen MR) is 97.8 cm³/mol. The van der Waals surface area contributed by atoms with Gasteiger partial charge in [-0.15, -0.1) is 0 Å². The monoisotopic (exact) mass is 357 g/mol. The molecule has 3 aromatic rings. The smallest absolute Gasteiger partial charge is 0.238 e. The zero-order valence-electron chi connectivity index (χ0n) is 14.2. The summed E-state index contributed by atoms with van der Waals surface area (Å²) in [7, 11) is 0.242. The van der Waals surface area contributed by atoms with Crippen LogP contribution < -0.4 is 10.0 Å². The van der Waals surface area contributed by atoms with Crippen molar-refractivity contribution < 1.29 is 12.9 Å². The van der Waals surface area contributed by atoms with E-state index in [0.717, 1.165) is 22.4 Å². The van der Waals surface area contributed by atoms with Crippen molar-refractivity contribution in [2.75, 3.05) is 19.0 Å². The largest absolute Gasteiger partial charge is 0.378 e. The van der Waals surface area contributed by atoms with E-state index in [0.29, 0.717) is 11.5 Å². The van der Waals surface area contributed by atoms with Gasteiger partial charge in [-0.1, -0.05) is 29.4 Å². The Balaban J connectivity index is 2.05. The van der Waals surface area contributed by atoms with Gasteiger partial charge in [0.15, 0.2) is 0 Å². The van der Waals surface area contributed by atoms with Gasteiger partial charge in [0.1, 0.15) is 11.5 Å². The standard InChI is InChI=1S/C18H19N3O3S/c1-12-17(13-6-10-16(11-7-13)25(19,22)23)18(20-24-12)14-4-8-15(9-5-14)21(2)3/h4-11H,1-3H3,(H2,19,22,23). The molecule has 0 aliphatic heterocycles. The van der Waals surface area contributed by atoms with E-state index in [4.69, 9.17) is 9.66 Å². The molecule has 7 heteroatoms. The van der Waals surface area contributed by atoms with Gasteiger partial charge in [0.25, 0.3) is 0 Å². The summed E-state index contributed by atoms with van der Waals surface area (Å²) >= 11 is 0. The lowest BCUT2D eigenvalue weighted by atomic mass is 9.99. The Morgan fingerprint density at radius 3 is 2.04 bits per heavy atom. The molecule has 0 atom stereocenters. The van der Waals surface area contributed by atoms with E-state index in [9.17, 15) is 8.42 Å². The van der Waals surface area contributed by atoms with Crippen molar-refractivity contribution in [3.8, 4) is 22.4 Å². The summed E-state index contributed by atoms with van der Waals surface area (Å²) in [6.07, 6.45) is 0. The number of hydrogen-bond acceptors (Lipinski definition) is 5. The minimum absolute atomic E-state index is 0.0715. The van der Waals surface area contributed by atoms with Gasteiger partial charge < -0.3 is 9.42 Å². The number of rotatable bonds is 4. The molecule has 0 fully saturated rings. The van der Waals surface area contributed by atoms with Crippen LogP contribution in [-0.2, 0) is 10.0 Å². The summed E-state index contributed by atoms with van der Waals surface area (Å²) in [6, 6.07) is 14.4. The molecule has 25 heavy (non-hydrogen) atoms. The first-order chi connectivity index (χ1) is 11.8. The zero-order chi connectivity index (χ0) is 18.2. The molecule has 1 aromatic heterocycles. The second kappa shape index (κ2) is 6.34. The van der Waals surface area contributed by atoms with Gasteiger partial charge in [0, 0.05) is 25.3 Å². The van der Waals surface area contributed by atoms with Gasteiger partial charge in [-0.25, -0.2) is 13.6 Å². The number of aryl methyl sites for hydroxylation is 1. The van der Waals surface area contributed by atoms with E-state index in [1.54, 1.807) is 12.1 Å². The topological polar surface area (TPSA) is 89.4 Å². The van der Waals surface area contributed by atoms with Crippen molar-refractivity contribution in [2.45, 2.75) is 11.8 Å². The van der Waals surface area contributed by atoms with Crippen LogP contribution >= 0.6 is 0 Å². The van der Waals surface area contributed by atoms with Crippen molar-refractivity contribution >= 4 is 15.7 Å². The van der Waals surface area contributed by atoms with Crippen molar-refractivity contribution in [3.05, 3.63) is 54.3 Å². The molecule has 0 aliphatic carbocycles. The van der Waals surface area contributed by atoms with Crippen LogP contribution in [0.4, 0.5) is 5.69 Å². The van der Waals surface area contributed by atoms with Crippen molar-refractivity contribution in [1.82, 2.24) is 5.16 Å². The molecule has 0 saturated heterocycles. The van der Waals surface area contributed by atoms with Gasteiger partial charge in [0.05, 0.1) is 10.5 Å². The summed E-state index contributed by atoms with van der Waals surface area (Å²) in [6.45, 7) is 1.83. The Labute approximate surface area is 146 Å². The number of anilines is 1. The van der Waals surface area contributed by atoms with E-state index in [2.05, 4.69) is 5.16 Å². The first-order valence-corrected chi connectivity index (χ1v) is 9.19. The fourth-order valence-corrected chi connectivity index (χ4v) is 3.15. The lowest BCUT2D eigenvalue weighted by Crippen LogP contribution is -2.11. The molecular weight excluding hydrogens is 338 g/mol. The normalized spacial score (nSPS) is 11.5. The Morgan fingerprint density at radius 1 is 0.960 bits per heavy atom. The number of sulfonamides is 1. The van der Waals surface area contributed by atoms with Crippen LogP contribution in [0.2, 0.25) is 0 Å². The Hall–Kier alpha value is -2.64. The molecule has 0 aliphatic rings. The number of hydrogen-bond donors (Lipinski definition) is 1. The molecule has 0 amide bonds. The third-order valence-electron chi connectivity index (χ3n) is 3.99. The van der Waals surface area contributed by atoms with Crippen LogP contribution in [0, 0.1) is 6.92 Å². The Kier molecular flexibility index (Phi) is 4.36. The van der Waals surface area contributed by atoms with Crippen LogP contribution in [0.1, 0.15) is 5.76 Å². The van der Waals surface area contributed by atoms with Crippen LogP contribution in [0.3, 0.4) is 0 Å². The molecule has 2 N–H and O–H groups in total. The summed E-state index contributed by atoms with van der Waals surface area (Å²) < 4.78 is 28.2. The Bertz CT molecular complexity index is 989. The molecule has 130 valence electrons. The van der Waals surface area contributed by atoms with Gasteiger partial charge in [0.2, 0.25) is 10.0 Å². The third kappa shape index (κ3) is 3.42. The fourth-order valence-electron chi connectivity index (χ4n) is 2.64. The first-order valence-electron chi connectivity index (χ1n) is 7.64. The summed E-state index contributed by atoms with van der Waals surface area (Å²) in [5, 5.41) is 9.33. The van der Waals surface area contributed by atoms with Crippen molar-refractivity contribution in [3.63, 3.8) is 0 Å². The number of primary sulfonamides is 1. The van der Waals surface area contributed by atoms with E-state index in [1.165, 1.54) is 12.1 Å². The third-order valence-corrected chi connectivity index (χ3v) is 4.92. The lowest BCUT2D eigenvalue weighted by molar-refractivity contribution is 0.400. The number of nitrogens with two attached hydrogens (primary N) is 1. The van der Waals surface area contributed by atoms with E-state index in [-0.39, 0.29) is 4.90 Å². The van der Waals surface area contributed by atoms with Gasteiger partial charge in [-0.05, 0) is 36.8 Å². The zero-order valence-corrected chi connectivity index (χ0v) is 15.0. The second-order valence-electron chi connectivity index (χ2n) is 5.97. The van der Waals surface area contributed by atoms with Crippen LogP contribution in [0.15, 0.2) is 57.9 Å². The minimum Gasteiger partial charge on any atom is -0.378 e. The average Bonchev–Trinajstić information content (AvgIpc) is 2.96. The van der Waals surface area contributed by atoms with Crippen LogP contribution in [0.25, 0.3) is 22.4 Å². The molecular formula is C18H19N3O3S. The highest BCUT2D eigenvalue weighted by Gasteiger charge is 2.17. The Morgan fingerprint density at radius 2 is 1.52 bits per heavy atom. The molecule has 2 aromatic carbocycles. The minimum atomic E-state index is -3.72. The number of nitrogens with zero attached hydrogens (tertiary/aromatic N) is 2. The maximum atomic E-state index is 11.4. The van der Waals surface area contributed by atoms with Crippen LogP contribution in [0.5, 0.6) is 0 Å². The van der Waals surface area contributed by atoms with Gasteiger partial charge in [-0.3, -0.25) is 0 Å². The number of benzene rings is 2. The summed E-state index contributed by atoms with van der Waals surface area (Å²) in [5.41, 5.74) is 4.37. The SMILES string of the molecule is Cc1onc(-c2ccc(N(C)C)cc2)c1-c1ccc(S(N)(=O)=O)cc1. The van der Waals surface area contributed by atoms with Gasteiger partial charge in [-0.2, -0.15) is 0 Å². The highest BCUT2D eigenvalue weighted by atomic mass is 32.2. The molecule has 0 unspecified atom stereocenters. The number of aromatic nitrogens is 1. The van der Waals surface area contributed by atoms with Crippen molar-refractivity contribution in [1.29, 1.82) is 0 Å². The fraction of sp³-hybridized carbons (Fsp3) is 0.167. The highest BCUT2D eigenvalue weighted by Crippen LogP contribution is 2.35. The van der Waals surface area contributed by atoms with Crippen LogP contribution in [-0.4, -0.2) is 27.7 Å². The first kappa shape index (κ1) is 17.2. The quantitative estimate of drug-likeness (QED) is 0.775. The second-order valence-corrected chi connectivity index (χ2v) is 7.53. The molecule has 0 radical (unpaired) electrons. The summed E-state index contributed by atoms with van der Waals surface area (Å²) in [4.78, 5) is 2.09. The average molecular weight is 357 g/mol. The maximum Gasteiger partial charge on any atom is 0.238 e. The van der Waals surface area contributed by atoms with Crippen molar-refractivity contribution in [2.24, 2.45) is 5.14 Å². The molecule has 6 nitrogen and oxygen atoms in total. The highest BCUT2D eigenvalue weighted by molar-refractivity contribution is 7.89. The molecule has 3 rings (SSSR count). The molecule has 0 saturated carbocycles. The van der Waals surface area contributed by atoms with E-state index in [1.807, 2.05) is 50.2 Å². The maximum absolute atomic E-state index is 11.4. The summed E-state index contributed by atoms with van der Waals surface area (Å²) in [5.74, 6) is 0.662. The van der Waals surface area contributed by atoms with E-state index < -0.39 is 10.0 Å². The molecule has 1 heterocycles. The lowest BCUT2D eigenvalue weighted by Gasteiger charge is -2.12. The van der Waals surface area contributed by atoms with Gasteiger partial charge >= 0.3 is 0 Å².